The molecule has 0 rings (SSSR count). The Morgan fingerprint density at radius 1 is 1.45 bits per heavy atom. The van der Waals surface area contributed by atoms with Crippen molar-refractivity contribution >= 4 is 0 Å². The average molecular weight is 148 g/mol. The Balaban J connectivity index is 3.63. The molecule has 0 heterocycles. The van der Waals surface area contributed by atoms with Crippen molar-refractivity contribution in [3.8, 4) is 0 Å². The molecular weight excluding hydrogens is 132 g/mol. The summed E-state index contributed by atoms with van der Waals surface area (Å²) in [4.78, 5) is 0. The van der Waals surface area contributed by atoms with E-state index >= 15 is 0 Å². The monoisotopic (exact) mass is 148 g/mol. The first-order valence-corrected chi connectivity index (χ1v) is 3.83. The van der Waals surface area contributed by atoms with Crippen molar-refractivity contribution in [3.63, 3.8) is 0 Å². The van der Waals surface area contributed by atoms with Gasteiger partial charge in [-0.05, 0) is 38.3 Å². The summed E-state index contributed by atoms with van der Waals surface area (Å²) in [7, 11) is 0. The Labute approximate surface area is 69.6 Å². The van der Waals surface area contributed by atoms with Crippen LogP contribution in [0.1, 0.15) is 26.7 Å². The smallest absolute Gasteiger partial charge is 0.0180 e. The van der Waals surface area contributed by atoms with Gasteiger partial charge in [-0.3, -0.25) is 0 Å². The highest BCUT2D eigenvalue weighted by molar-refractivity contribution is 5.13. The zero-order valence-corrected chi connectivity index (χ0v) is 7.48. The van der Waals surface area contributed by atoms with Gasteiger partial charge in [0.2, 0.25) is 0 Å². The first-order valence-electron chi connectivity index (χ1n) is 3.83. The molecule has 0 N–H and O–H groups in total. The molecule has 0 nitrogen and oxygen atoms in total. The summed E-state index contributed by atoms with van der Waals surface area (Å²) in [5.41, 5.74) is 5.17. The van der Waals surface area contributed by atoms with E-state index < -0.39 is 0 Å². The van der Waals surface area contributed by atoms with Crippen LogP contribution >= 0.6 is 0 Å². The van der Waals surface area contributed by atoms with Crippen LogP contribution < -0.4 is 0 Å². The third-order valence-electron chi connectivity index (χ3n) is 1.32. The van der Waals surface area contributed by atoms with E-state index in [2.05, 4.69) is 38.8 Å². The minimum atomic E-state index is 1.01. The first-order chi connectivity index (χ1) is 5.16. The van der Waals surface area contributed by atoms with Crippen LogP contribution in [0.2, 0.25) is 0 Å². The van der Waals surface area contributed by atoms with Gasteiger partial charge in [0.15, 0.2) is 0 Å². The second-order valence-corrected chi connectivity index (χ2v) is 2.83. The summed E-state index contributed by atoms with van der Waals surface area (Å²) in [6.45, 7) is 11.5. The van der Waals surface area contributed by atoms with Crippen LogP contribution in [-0.4, -0.2) is 0 Å². The summed E-state index contributed by atoms with van der Waals surface area (Å²) in [6, 6.07) is 0. The van der Waals surface area contributed by atoms with Crippen molar-refractivity contribution in [3.05, 3.63) is 42.2 Å². The molecule has 0 unspecified atom stereocenters. The lowest BCUT2D eigenvalue weighted by molar-refractivity contribution is 0.999. The van der Waals surface area contributed by atoms with Gasteiger partial charge in [0.1, 0.15) is 0 Å². The Bertz CT molecular complexity index is 196. The molecule has 0 amide bonds. The van der Waals surface area contributed by atoms with Crippen LogP contribution in [0.3, 0.4) is 0 Å². The predicted molar refractivity (Wildman–Crippen MR) is 51.5 cm³/mol. The predicted octanol–water partition coefficient (Wildman–Crippen LogP) is 3.63. The van der Waals surface area contributed by atoms with E-state index in [0.717, 1.165) is 18.4 Å². The van der Waals surface area contributed by atoms with Crippen LogP contribution in [0, 0.1) is 0 Å². The molecule has 0 aliphatic heterocycles. The van der Waals surface area contributed by atoms with Crippen molar-refractivity contribution in [2.24, 2.45) is 0 Å². The van der Waals surface area contributed by atoms with Gasteiger partial charge in [0.25, 0.3) is 0 Å². The largest absolute Gasteiger partial charge is 0.128 e. The van der Waals surface area contributed by atoms with Gasteiger partial charge in [-0.25, -0.2) is 0 Å². The second kappa shape index (κ2) is 5.76. The quantitative estimate of drug-likeness (QED) is 0.324. The lowest BCUT2D eigenvalue weighted by atomic mass is 10.1. The molecule has 0 spiro atoms. The fourth-order valence-electron chi connectivity index (χ4n) is 0.763. The molecule has 0 radical (unpaired) electrons. The van der Waals surface area contributed by atoms with E-state index in [9.17, 15) is 0 Å². The summed E-state index contributed by atoms with van der Waals surface area (Å²) in [5, 5.41) is 0. The van der Waals surface area contributed by atoms with Crippen molar-refractivity contribution < 1.29 is 0 Å². The molecule has 0 aromatic carbocycles. The lowest BCUT2D eigenvalue weighted by Gasteiger charge is -1.94. The third kappa shape index (κ3) is 6.89. The molecule has 0 aliphatic carbocycles. The maximum atomic E-state index is 3.85. The van der Waals surface area contributed by atoms with Crippen molar-refractivity contribution in [1.82, 2.24) is 0 Å². The van der Waals surface area contributed by atoms with Crippen LogP contribution in [0.25, 0.3) is 0 Å². The van der Waals surface area contributed by atoms with Crippen LogP contribution in [-0.2, 0) is 0 Å². The van der Waals surface area contributed by atoms with Crippen LogP contribution in [0.15, 0.2) is 42.2 Å². The maximum absolute atomic E-state index is 3.85. The number of allylic oxidation sites excluding steroid dienone is 4. The van der Waals surface area contributed by atoms with Gasteiger partial charge in [-0.15, -0.1) is 5.73 Å². The van der Waals surface area contributed by atoms with Gasteiger partial charge >= 0.3 is 0 Å². The van der Waals surface area contributed by atoms with Gasteiger partial charge in [0.05, 0.1) is 0 Å². The zero-order chi connectivity index (χ0) is 8.69. The van der Waals surface area contributed by atoms with E-state index in [4.69, 9.17) is 0 Å². The van der Waals surface area contributed by atoms with Crippen molar-refractivity contribution in [1.29, 1.82) is 0 Å². The summed E-state index contributed by atoms with van der Waals surface area (Å²) in [6.07, 6.45) is 6.12. The fourth-order valence-corrected chi connectivity index (χ4v) is 0.763. The van der Waals surface area contributed by atoms with Crippen LogP contribution in [0.4, 0.5) is 0 Å². The number of hydrogen-bond donors (Lipinski definition) is 0. The topological polar surface area (TPSA) is 0 Å². The van der Waals surface area contributed by atoms with E-state index in [1.54, 1.807) is 0 Å². The van der Waals surface area contributed by atoms with Gasteiger partial charge in [-0.2, -0.15) is 0 Å². The Kier molecular flexibility index (Phi) is 5.24. The lowest BCUT2D eigenvalue weighted by Crippen LogP contribution is -1.74. The standard InChI is InChI=1S/C11H16/c1-5-7-11(4)9-6-8-10(2)3/h7-8H,1,4,6,9H2,2-3H3. The molecule has 0 saturated heterocycles. The van der Waals surface area contributed by atoms with Gasteiger partial charge < -0.3 is 0 Å². The zero-order valence-electron chi connectivity index (χ0n) is 7.48. The average Bonchev–Trinajstić information content (AvgIpc) is 1.87. The van der Waals surface area contributed by atoms with E-state index in [1.165, 1.54) is 5.57 Å². The van der Waals surface area contributed by atoms with E-state index in [-0.39, 0.29) is 0 Å². The SMILES string of the molecule is C=C=CC(=C)CCC=C(C)C. The van der Waals surface area contributed by atoms with Gasteiger partial charge in [0, 0.05) is 0 Å². The van der Waals surface area contributed by atoms with Gasteiger partial charge in [-0.1, -0.05) is 24.8 Å². The minimum Gasteiger partial charge on any atom is -0.128 e. The summed E-state index contributed by atoms with van der Waals surface area (Å²) in [5.74, 6) is 0. The van der Waals surface area contributed by atoms with E-state index in [1.807, 2.05) is 6.08 Å². The highest BCUT2D eigenvalue weighted by Gasteiger charge is 1.85. The molecular formula is C11H16. The Morgan fingerprint density at radius 3 is 2.55 bits per heavy atom. The second-order valence-electron chi connectivity index (χ2n) is 2.83. The number of rotatable bonds is 4. The maximum Gasteiger partial charge on any atom is -0.0180 e. The molecule has 0 bridgehead atoms. The molecule has 0 atom stereocenters. The minimum absolute atomic E-state index is 1.01. The molecule has 0 aliphatic rings. The molecule has 0 heteroatoms. The fraction of sp³-hybridized carbons (Fsp3) is 0.364. The molecule has 11 heavy (non-hydrogen) atoms. The highest BCUT2D eigenvalue weighted by Crippen LogP contribution is 2.05. The molecule has 0 fully saturated rings. The van der Waals surface area contributed by atoms with Crippen LogP contribution in [0.5, 0.6) is 0 Å². The third-order valence-corrected chi connectivity index (χ3v) is 1.32. The molecule has 0 saturated carbocycles. The summed E-state index contributed by atoms with van der Waals surface area (Å²) >= 11 is 0. The van der Waals surface area contributed by atoms with Crippen molar-refractivity contribution in [2.45, 2.75) is 26.7 Å². The molecule has 0 aromatic rings. The Morgan fingerprint density at radius 2 is 2.09 bits per heavy atom. The normalized spacial score (nSPS) is 8.18. The highest BCUT2D eigenvalue weighted by atomic mass is 13.9. The molecule has 0 aromatic heterocycles. The first kappa shape index (κ1) is 10.0. The summed E-state index contributed by atoms with van der Waals surface area (Å²) < 4.78 is 0. The van der Waals surface area contributed by atoms with Crippen molar-refractivity contribution in [2.75, 3.05) is 0 Å². The molecule has 60 valence electrons. The van der Waals surface area contributed by atoms with E-state index in [0.29, 0.717) is 0 Å². The number of hydrogen-bond acceptors (Lipinski definition) is 0. The Hall–Kier alpha value is -1.00.